The number of hydrogen-bond acceptors (Lipinski definition) is 3. The van der Waals surface area contributed by atoms with Crippen molar-refractivity contribution in [2.75, 3.05) is 0 Å². The molecule has 0 fully saturated rings. The summed E-state index contributed by atoms with van der Waals surface area (Å²) < 4.78 is 7.48. The minimum atomic E-state index is 0.685. The lowest BCUT2D eigenvalue weighted by Gasteiger charge is -2.04. The van der Waals surface area contributed by atoms with E-state index in [0.717, 1.165) is 34.7 Å². The minimum absolute atomic E-state index is 0.685. The van der Waals surface area contributed by atoms with Gasteiger partial charge in [0.1, 0.15) is 5.82 Å². The number of benzene rings is 1. The van der Waals surface area contributed by atoms with Crippen LogP contribution in [0.4, 0.5) is 0 Å². The number of aromatic nitrogens is 3. The molecule has 0 spiro atoms. The molecule has 0 aliphatic rings. The van der Waals surface area contributed by atoms with E-state index in [2.05, 4.69) is 27.7 Å². The van der Waals surface area contributed by atoms with E-state index < -0.39 is 0 Å². The van der Waals surface area contributed by atoms with Crippen molar-refractivity contribution in [2.45, 2.75) is 26.8 Å². The van der Waals surface area contributed by atoms with E-state index in [4.69, 9.17) is 4.52 Å². The number of nitrogens with zero attached hydrogens (tertiary/aromatic N) is 3. The lowest BCUT2D eigenvalue weighted by atomic mass is 10.3. The van der Waals surface area contributed by atoms with Gasteiger partial charge in [-0.15, -0.1) is 0 Å². The predicted octanol–water partition coefficient (Wildman–Crippen LogP) is 2.94. The van der Waals surface area contributed by atoms with Gasteiger partial charge in [0.15, 0.2) is 5.76 Å². The number of hydrogen-bond donors (Lipinski definition) is 0. The highest BCUT2D eigenvalue weighted by Crippen LogP contribution is 2.18. The lowest BCUT2D eigenvalue weighted by molar-refractivity contribution is 0.373. The Balaban J connectivity index is 2.09. The molecule has 0 radical (unpaired) electrons. The Morgan fingerprint density at radius 2 is 2.11 bits per heavy atom. The molecule has 4 heteroatoms. The van der Waals surface area contributed by atoms with Gasteiger partial charge in [-0.1, -0.05) is 24.2 Å². The summed E-state index contributed by atoms with van der Waals surface area (Å²) in [6, 6.07) is 10.1. The molecule has 18 heavy (non-hydrogen) atoms. The standard InChI is InChI=1S/C14H15N3O/c1-3-14-15-12-6-4-5-7-13(12)17(14)9-11-8-10(2)16-18-11/h4-8H,3,9H2,1-2H3. The molecule has 0 amide bonds. The Kier molecular flexibility index (Phi) is 2.63. The van der Waals surface area contributed by atoms with Crippen LogP contribution in [-0.2, 0) is 13.0 Å². The van der Waals surface area contributed by atoms with Gasteiger partial charge in [-0.3, -0.25) is 0 Å². The summed E-state index contributed by atoms with van der Waals surface area (Å²) >= 11 is 0. The van der Waals surface area contributed by atoms with Gasteiger partial charge < -0.3 is 9.09 Å². The van der Waals surface area contributed by atoms with E-state index in [0.29, 0.717) is 6.54 Å². The molecule has 0 aliphatic heterocycles. The molecule has 3 rings (SSSR count). The van der Waals surface area contributed by atoms with Crippen LogP contribution in [-0.4, -0.2) is 14.7 Å². The Hall–Kier alpha value is -2.10. The van der Waals surface area contributed by atoms with Gasteiger partial charge in [0.2, 0.25) is 0 Å². The van der Waals surface area contributed by atoms with E-state index in [9.17, 15) is 0 Å². The second-order valence-corrected chi connectivity index (χ2v) is 4.39. The van der Waals surface area contributed by atoms with Crippen LogP contribution in [0.25, 0.3) is 11.0 Å². The van der Waals surface area contributed by atoms with Gasteiger partial charge in [-0.25, -0.2) is 4.98 Å². The third-order valence-electron chi connectivity index (χ3n) is 3.04. The Morgan fingerprint density at radius 1 is 1.28 bits per heavy atom. The molecule has 1 aromatic carbocycles. The first-order chi connectivity index (χ1) is 8.78. The van der Waals surface area contributed by atoms with Crippen molar-refractivity contribution in [3.05, 3.63) is 47.6 Å². The zero-order chi connectivity index (χ0) is 12.5. The van der Waals surface area contributed by atoms with Crippen molar-refractivity contribution >= 4 is 11.0 Å². The molecule has 0 N–H and O–H groups in total. The van der Waals surface area contributed by atoms with Crippen LogP contribution in [0.5, 0.6) is 0 Å². The fourth-order valence-corrected chi connectivity index (χ4v) is 2.22. The monoisotopic (exact) mass is 241 g/mol. The molecule has 4 nitrogen and oxygen atoms in total. The molecule has 0 unspecified atom stereocenters. The second kappa shape index (κ2) is 4.29. The molecule has 0 aliphatic carbocycles. The summed E-state index contributed by atoms with van der Waals surface area (Å²) in [6.45, 7) is 4.73. The van der Waals surface area contributed by atoms with Crippen LogP contribution in [0.3, 0.4) is 0 Å². The highest BCUT2D eigenvalue weighted by Gasteiger charge is 2.11. The van der Waals surface area contributed by atoms with Crippen molar-refractivity contribution < 1.29 is 4.52 Å². The highest BCUT2D eigenvalue weighted by molar-refractivity contribution is 5.76. The maximum absolute atomic E-state index is 5.29. The molecule has 3 aromatic rings. The number of rotatable bonds is 3. The van der Waals surface area contributed by atoms with E-state index in [1.807, 2.05) is 31.2 Å². The first-order valence-electron chi connectivity index (χ1n) is 6.14. The fraction of sp³-hybridized carbons (Fsp3) is 0.286. The van der Waals surface area contributed by atoms with Crippen LogP contribution < -0.4 is 0 Å². The average Bonchev–Trinajstić information content (AvgIpc) is 2.94. The number of fused-ring (bicyclic) bond motifs is 1. The van der Waals surface area contributed by atoms with Crippen LogP contribution in [0, 0.1) is 6.92 Å². The third-order valence-corrected chi connectivity index (χ3v) is 3.04. The van der Waals surface area contributed by atoms with Crippen LogP contribution >= 0.6 is 0 Å². The molecular weight excluding hydrogens is 226 g/mol. The molecule has 0 bridgehead atoms. The largest absolute Gasteiger partial charge is 0.359 e. The van der Waals surface area contributed by atoms with Gasteiger partial charge in [-0.2, -0.15) is 0 Å². The Labute approximate surface area is 105 Å². The summed E-state index contributed by atoms with van der Waals surface area (Å²) in [7, 11) is 0. The number of para-hydroxylation sites is 2. The number of imidazole rings is 1. The van der Waals surface area contributed by atoms with Crippen LogP contribution in [0.2, 0.25) is 0 Å². The molecule has 0 saturated heterocycles. The van der Waals surface area contributed by atoms with Crippen LogP contribution in [0.1, 0.15) is 24.2 Å². The first-order valence-corrected chi connectivity index (χ1v) is 6.14. The summed E-state index contributed by atoms with van der Waals surface area (Å²) in [5.74, 6) is 1.94. The van der Waals surface area contributed by atoms with Crippen molar-refractivity contribution in [1.82, 2.24) is 14.7 Å². The summed E-state index contributed by atoms with van der Waals surface area (Å²) in [5.41, 5.74) is 3.08. The van der Waals surface area contributed by atoms with Crippen molar-refractivity contribution in [2.24, 2.45) is 0 Å². The van der Waals surface area contributed by atoms with Crippen LogP contribution in [0.15, 0.2) is 34.9 Å². The zero-order valence-corrected chi connectivity index (χ0v) is 10.6. The van der Waals surface area contributed by atoms with E-state index >= 15 is 0 Å². The number of aryl methyl sites for hydroxylation is 2. The van der Waals surface area contributed by atoms with Crippen molar-refractivity contribution in [1.29, 1.82) is 0 Å². The predicted molar refractivity (Wildman–Crippen MR) is 69.5 cm³/mol. The Morgan fingerprint density at radius 3 is 2.83 bits per heavy atom. The third kappa shape index (κ3) is 1.79. The normalized spacial score (nSPS) is 11.2. The molecular formula is C14H15N3O. The van der Waals surface area contributed by atoms with E-state index in [1.165, 1.54) is 0 Å². The maximum Gasteiger partial charge on any atom is 0.156 e. The lowest BCUT2D eigenvalue weighted by Crippen LogP contribution is -2.03. The Bertz CT molecular complexity index is 681. The fourth-order valence-electron chi connectivity index (χ4n) is 2.22. The molecule has 0 saturated carbocycles. The van der Waals surface area contributed by atoms with Crippen molar-refractivity contribution in [3.63, 3.8) is 0 Å². The van der Waals surface area contributed by atoms with Crippen molar-refractivity contribution in [3.8, 4) is 0 Å². The van der Waals surface area contributed by atoms with Gasteiger partial charge >= 0.3 is 0 Å². The molecule has 2 heterocycles. The van der Waals surface area contributed by atoms with E-state index in [1.54, 1.807) is 0 Å². The van der Waals surface area contributed by atoms with Gasteiger partial charge in [0.05, 0.1) is 23.3 Å². The maximum atomic E-state index is 5.29. The average molecular weight is 241 g/mol. The van der Waals surface area contributed by atoms with Gasteiger partial charge in [0, 0.05) is 12.5 Å². The minimum Gasteiger partial charge on any atom is -0.359 e. The topological polar surface area (TPSA) is 43.9 Å². The smallest absolute Gasteiger partial charge is 0.156 e. The summed E-state index contributed by atoms with van der Waals surface area (Å²) in [6.07, 6.45) is 0.905. The highest BCUT2D eigenvalue weighted by atomic mass is 16.5. The second-order valence-electron chi connectivity index (χ2n) is 4.39. The summed E-state index contributed by atoms with van der Waals surface area (Å²) in [4.78, 5) is 4.64. The SMILES string of the molecule is CCc1nc2ccccc2n1Cc1cc(C)no1. The molecule has 2 aromatic heterocycles. The quantitative estimate of drug-likeness (QED) is 0.708. The summed E-state index contributed by atoms with van der Waals surface area (Å²) in [5, 5.41) is 3.92. The molecule has 92 valence electrons. The van der Waals surface area contributed by atoms with Gasteiger partial charge in [0.25, 0.3) is 0 Å². The first kappa shape index (κ1) is 11.0. The molecule has 0 atom stereocenters. The van der Waals surface area contributed by atoms with Gasteiger partial charge in [-0.05, 0) is 19.1 Å². The van der Waals surface area contributed by atoms with E-state index in [-0.39, 0.29) is 0 Å². The zero-order valence-electron chi connectivity index (χ0n) is 10.6.